The van der Waals surface area contributed by atoms with Crippen molar-refractivity contribution in [2.75, 3.05) is 23.3 Å². The number of nitrogens with one attached hydrogen (secondary N) is 4. The van der Waals surface area contributed by atoms with Gasteiger partial charge in [0.05, 0.1) is 6.04 Å². The van der Waals surface area contributed by atoms with Crippen LogP contribution in [0.1, 0.15) is 29.9 Å². The maximum absolute atomic E-state index is 13.2. The maximum atomic E-state index is 13.2. The van der Waals surface area contributed by atoms with Crippen LogP contribution in [-0.4, -0.2) is 60.1 Å². The summed E-state index contributed by atoms with van der Waals surface area (Å²) in [6.07, 6.45) is 6.45. The second-order valence-corrected chi connectivity index (χ2v) is 9.01. The van der Waals surface area contributed by atoms with E-state index in [0.29, 0.717) is 36.5 Å². The molecule has 0 radical (unpaired) electrons. The molecule has 0 aliphatic carbocycles. The average Bonchev–Trinajstić information content (AvgIpc) is 3.51. The normalized spacial score (nSPS) is 15.1. The molecule has 184 valence electrons. The fraction of sp³-hybridized carbons (Fsp3) is 0.292. The molecule has 1 amide bonds. The highest BCUT2D eigenvalue weighted by Gasteiger charge is 2.49. The molecule has 1 aliphatic heterocycles. The summed E-state index contributed by atoms with van der Waals surface area (Å²) >= 11 is 0. The zero-order valence-electron chi connectivity index (χ0n) is 20.2. The van der Waals surface area contributed by atoms with Gasteiger partial charge in [0.1, 0.15) is 11.2 Å². The van der Waals surface area contributed by atoms with E-state index >= 15 is 0 Å². The summed E-state index contributed by atoms with van der Waals surface area (Å²) < 4.78 is 1.67. The molecule has 12 nitrogen and oxygen atoms in total. The van der Waals surface area contributed by atoms with Gasteiger partial charge in [0.15, 0.2) is 11.6 Å². The van der Waals surface area contributed by atoms with Gasteiger partial charge < -0.3 is 20.9 Å². The van der Waals surface area contributed by atoms with Gasteiger partial charge in [-0.1, -0.05) is 6.07 Å². The summed E-state index contributed by atoms with van der Waals surface area (Å²) in [7, 11) is 0. The van der Waals surface area contributed by atoms with Gasteiger partial charge in [-0.3, -0.25) is 9.89 Å². The first-order valence-corrected chi connectivity index (χ1v) is 11.5. The molecule has 4 aromatic rings. The monoisotopic (exact) mass is 485 g/mol. The molecule has 0 bridgehead atoms. The van der Waals surface area contributed by atoms with Crippen LogP contribution in [0.25, 0.3) is 5.82 Å². The minimum absolute atomic E-state index is 0.213. The lowest BCUT2D eigenvalue weighted by Crippen LogP contribution is -2.65. The molecular formula is C24H27N11O. The fourth-order valence-corrected chi connectivity index (χ4v) is 4.07. The Morgan fingerprint density at radius 2 is 2.06 bits per heavy atom. The lowest BCUT2D eigenvalue weighted by atomic mass is 9.80. The number of rotatable bonds is 8. The first kappa shape index (κ1) is 23.1. The lowest BCUT2D eigenvalue weighted by Gasteiger charge is -2.46. The van der Waals surface area contributed by atoms with Gasteiger partial charge in [0.25, 0.3) is 0 Å². The van der Waals surface area contributed by atoms with Crippen LogP contribution in [0.3, 0.4) is 0 Å². The molecule has 36 heavy (non-hydrogen) atoms. The number of H-pyrrole nitrogens is 1. The van der Waals surface area contributed by atoms with E-state index in [1.807, 2.05) is 62.2 Å². The van der Waals surface area contributed by atoms with E-state index in [9.17, 15) is 4.79 Å². The van der Waals surface area contributed by atoms with E-state index in [4.69, 9.17) is 5.41 Å². The summed E-state index contributed by atoms with van der Waals surface area (Å²) in [5, 5.41) is 25.4. The van der Waals surface area contributed by atoms with Crippen LogP contribution in [0.2, 0.25) is 0 Å². The predicted octanol–water partition coefficient (Wildman–Crippen LogP) is 2.47. The summed E-state index contributed by atoms with van der Waals surface area (Å²) in [5.74, 6) is 2.26. The van der Waals surface area contributed by atoms with Crippen LogP contribution in [0.5, 0.6) is 0 Å². The zero-order chi connectivity index (χ0) is 25.3. The Balaban J connectivity index is 1.24. The SMILES string of the molecule is Cc1cc(Nc2cc(C)[nH]n2)nc(N2CC(C=N)(C(=O)N[C@@H](C)c3ccc(-n4cccn4)nc3)C2)n1. The third-order valence-corrected chi connectivity index (χ3v) is 6.12. The third-order valence-electron chi connectivity index (χ3n) is 6.12. The molecular weight excluding hydrogens is 458 g/mol. The predicted molar refractivity (Wildman–Crippen MR) is 135 cm³/mol. The molecule has 1 aliphatic rings. The van der Waals surface area contributed by atoms with E-state index < -0.39 is 5.41 Å². The van der Waals surface area contributed by atoms with E-state index in [1.54, 1.807) is 17.1 Å². The molecule has 1 saturated heterocycles. The van der Waals surface area contributed by atoms with Crippen LogP contribution in [-0.2, 0) is 4.79 Å². The minimum atomic E-state index is -0.948. The van der Waals surface area contributed by atoms with Crippen molar-refractivity contribution in [1.82, 2.24) is 40.2 Å². The average molecular weight is 486 g/mol. The van der Waals surface area contributed by atoms with Crippen LogP contribution in [0.4, 0.5) is 17.6 Å². The quantitative estimate of drug-likeness (QED) is 0.278. The van der Waals surface area contributed by atoms with Gasteiger partial charge in [-0.05, 0) is 38.5 Å². The number of aromatic nitrogens is 7. The Labute approximate surface area is 207 Å². The largest absolute Gasteiger partial charge is 0.349 e. The Bertz CT molecular complexity index is 1370. The van der Waals surface area contributed by atoms with Crippen LogP contribution < -0.4 is 15.5 Å². The van der Waals surface area contributed by atoms with Crippen molar-refractivity contribution >= 4 is 29.7 Å². The van der Waals surface area contributed by atoms with E-state index in [1.165, 1.54) is 6.21 Å². The standard InChI is InChI=1S/C24H27N11O/c1-15-9-19(30-20-10-16(2)32-33-20)31-23(28-15)34-13-24(12-25,14-34)22(36)29-17(3)18-5-6-21(26-11-18)35-8-4-7-27-35/h4-12,17,25H,13-14H2,1-3H3,(H,29,36)(H2,28,30,31,32,33)/t17-/m0/s1. The van der Waals surface area contributed by atoms with Gasteiger partial charge in [0, 0.05) is 61.4 Å². The molecule has 12 heteroatoms. The third kappa shape index (κ3) is 4.52. The highest BCUT2D eigenvalue weighted by atomic mass is 16.2. The number of anilines is 3. The minimum Gasteiger partial charge on any atom is -0.349 e. The van der Waals surface area contributed by atoms with Gasteiger partial charge in [-0.15, -0.1) is 0 Å². The van der Waals surface area contributed by atoms with Crippen LogP contribution >= 0.6 is 0 Å². The molecule has 0 spiro atoms. The molecule has 0 saturated carbocycles. The number of aromatic amines is 1. The number of hydrogen-bond donors (Lipinski definition) is 4. The van der Waals surface area contributed by atoms with Crippen molar-refractivity contribution in [3.05, 3.63) is 65.9 Å². The Hall–Kier alpha value is -4.61. The molecule has 4 aromatic heterocycles. The van der Waals surface area contributed by atoms with Gasteiger partial charge in [-0.25, -0.2) is 14.6 Å². The molecule has 0 unspecified atom stereocenters. The van der Waals surface area contributed by atoms with Crippen molar-refractivity contribution in [3.8, 4) is 5.82 Å². The summed E-state index contributed by atoms with van der Waals surface area (Å²) in [4.78, 5) is 28.6. The van der Waals surface area contributed by atoms with Crippen LogP contribution in [0.15, 0.2) is 48.9 Å². The number of aryl methyl sites for hydroxylation is 2. The highest BCUT2D eigenvalue weighted by molar-refractivity contribution is 6.01. The number of nitrogens with zero attached hydrogens (tertiary/aromatic N) is 7. The van der Waals surface area contributed by atoms with Gasteiger partial charge in [-0.2, -0.15) is 15.2 Å². The van der Waals surface area contributed by atoms with Crippen molar-refractivity contribution in [1.29, 1.82) is 5.41 Å². The zero-order valence-corrected chi connectivity index (χ0v) is 20.2. The summed E-state index contributed by atoms with van der Waals surface area (Å²) in [5.41, 5.74) is 1.64. The van der Waals surface area contributed by atoms with Gasteiger partial charge in [0.2, 0.25) is 11.9 Å². The van der Waals surface area contributed by atoms with Crippen molar-refractivity contribution in [2.45, 2.75) is 26.8 Å². The Morgan fingerprint density at radius 3 is 2.69 bits per heavy atom. The number of carbonyl (C=O) groups is 1. The molecule has 1 atom stereocenters. The number of pyridine rings is 1. The molecule has 4 N–H and O–H groups in total. The van der Waals surface area contributed by atoms with E-state index in [2.05, 4.69) is 40.9 Å². The van der Waals surface area contributed by atoms with Gasteiger partial charge >= 0.3 is 0 Å². The van der Waals surface area contributed by atoms with E-state index in [0.717, 1.165) is 17.0 Å². The Morgan fingerprint density at radius 1 is 1.22 bits per heavy atom. The molecule has 5 rings (SSSR count). The van der Waals surface area contributed by atoms with Crippen molar-refractivity contribution < 1.29 is 4.79 Å². The molecule has 0 aromatic carbocycles. The number of carbonyl (C=O) groups excluding carboxylic acids is 1. The second-order valence-electron chi connectivity index (χ2n) is 9.01. The molecule has 1 fully saturated rings. The summed E-state index contributed by atoms with van der Waals surface area (Å²) in [6, 6.07) is 9.04. The topological polar surface area (TPSA) is 153 Å². The van der Waals surface area contributed by atoms with Crippen molar-refractivity contribution in [3.63, 3.8) is 0 Å². The van der Waals surface area contributed by atoms with Crippen LogP contribution in [0, 0.1) is 24.7 Å². The first-order valence-electron chi connectivity index (χ1n) is 11.5. The fourth-order valence-electron chi connectivity index (χ4n) is 4.07. The lowest BCUT2D eigenvalue weighted by molar-refractivity contribution is -0.129. The maximum Gasteiger partial charge on any atom is 0.235 e. The highest BCUT2D eigenvalue weighted by Crippen LogP contribution is 2.33. The second kappa shape index (κ2) is 9.21. The Kier molecular flexibility index (Phi) is 5.92. The number of amides is 1. The first-order chi connectivity index (χ1) is 17.3. The van der Waals surface area contributed by atoms with E-state index in [-0.39, 0.29) is 11.9 Å². The number of hydrogen-bond acceptors (Lipinski definition) is 9. The molecule has 5 heterocycles. The smallest absolute Gasteiger partial charge is 0.235 e. The summed E-state index contributed by atoms with van der Waals surface area (Å²) in [6.45, 7) is 6.33. The van der Waals surface area contributed by atoms with Crippen molar-refractivity contribution in [2.24, 2.45) is 5.41 Å².